The fraction of sp³-hybridized carbons (Fsp3) is 0.929. The van der Waals surface area contributed by atoms with Gasteiger partial charge in [-0.15, -0.1) is 0 Å². The monoisotopic (exact) mass is 254 g/mol. The van der Waals surface area contributed by atoms with Gasteiger partial charge < -0.3 is 10.1 Å². The van der Waals surface area contributed by atoms with Gasteiger partial charge in [-0.1, -0.05) is 13.8 Å². The molecule has 2 fully saturated rings. The SMILES string of the molecule is CC(=O)NC1CC2COCC(C1)N2CCC(C)C. The highest BCUT2D eigenvalue weighted by Crippen LogP contribution is 2.28. The third kappa shape index (κ3) is 3.45. The van der Waals surface area contributed by atoms with Crippen molar-refractivity contribution in [2.45, 2.75) is 58.2 Å². The Hall–Kier alpha value is -0.610. The molecule has 1 N–H and O–H groups in total. The number of nitrogens with one attached hydrogen (secondary N) is 1. The van der Waals surface area contributed by atoms with E-state index < -0.39 is 0 Å². The van der Waals surface area contributed by atoms with Crippen LogP contribution in [0.25, 0.3) is 0 Å². The Kier molecular flexibility index (Phi) is 4.62. The molecule has 104 valence electrons. The standard InChI is InChI=1S/C14H26N2O2/c1-10(2)4-5-16-13-6-12(15-11(3)17)7-14(16)9-18-8-13/h10,12-14H,4-9H2,1-3H3,(H,15,17). The average molecular weight is 254 g/mol. The predicted octanol–water partition coefficient (Wildman–Crippen LogP) is 1.40. The van der Waals surface area contributed by atoms with E-state index in [2.05, 4.69) is 24.1 Å². The van der Waals surface area contributed by atoms with Crippen LogP contribution in [0.3, 0.4) is 0 Å². The minimum Gasteiger partial charge on any atom is -0.378 e. The van der Waals surface area contributed by atoms with Crippen LogP contribution >= 0.6 is 0 Å². The van der Waals surface area contributed by atoms with Crippen molar-refractivity contribution in [2.24, 2.45) is 5.92 Å². The number of morpholine rings is 1. The third-order valence-corrected chi connectivity index (χ3v) is 4.04. The van der Waals surface area contributed by atoms with Gasteiger partial charge in [0, 0.05) is 25.0 Å². The van der Waals surface area contributed by atoms with Crippen LogP contribution in [0.15, 0.2) is 0 Å². The average Bonchev–Trinajstić information content (AvgIpc) is 2.24. The fourth-order valence-corrected chi connectivity index (χ4v) is 3.17. The van der Waals surface area contributed by atoms with Crippen LogP contribution < -0.4 is 5.32 Å². The van der Waals surface area contributed by atoms with Crippen molar-refractivity contribution in [1.29, 1.82) is 0 Å². The van der Waals surface area contributed by atoms with E-state index in [1.807, 2.05) is 0 Å². The van der Waals surface area contributed by atoms with Gasteiger partial charge in [0.2, 0.25) is 5.91 Å². The zero-order valence-corrected chi connectivity index (χ0v) is 11.8. The van der Waals surface area contributed by atoms with E-state index >= 15 is 0 Å². The first kappa shape index (κ1) is 13.8. The molecule has 0 aromatic carbocycles. The van der Waals surface area contributed by atoms with Gasteiger partial charge in [0.25, 0.3) is 0 Å². The summed E-state index contributed by atoms with van der Waals surface area (Å²) < 4.78 is 5.67. The number of carbonyl (C=O) groups excluding carboxylic acids is 1. The zero-order valence-electron chi connectivity index (χ0n) is 11.8. The second-order valence-corrected chi connectivity index (χ2v) is 6.13. The van der Waals surface area contributed by atoms with E-state index in [9.17, 15) is 4.79 Å². The first-order valence-corrected chi connectivity index (χ1v) is 7.17. The molecular weight excluding hydrogens is 228 g/mol. The van der Waals surface area contributed by atoms with Gasteiger partial charge in [-0.25, -0.2) is 0 Å². The maximum atomic E-state index is 11.2. The van der Waals surface area contributed by atoms with Crippen molar-refractivity contribution in [3.63, 3.8) is 0 Å². The molecule has 2 bridgehead atoms. The molecule has 2 unspecified atom stereocenters. The lowest BCUT2D eigenvalue weighted by Gasteiger charge is -2.48. The Balaban J connectivity index is 1.92. The Morgan fingerprint density at radius 3 is 2.44 bits per heavy atom. The first-order valence-electron chi connectivity index (χ1n) is 7.17. The molecule has 0 saturated carbocycles. The van der Waals surface area contributed by atoms with Crippen molar-refractivity contribution >= 4 is 5.91 Å². The maximum absolute atomic E-state index is 11.2. The van der Waals surface area contributed by atoms with E-state index in [4.69, 9.17) is 4.74 Å². The molecular formula is C14H26N2O2. The molecule has 4 heteroatoms. The summed E-state index contributed by atoms with van der Waals surface area (Å²) in [7, 11) is 0. The summed E-state index contributed by atoms with van der Waals surface area (Å²) in [6.07, 6.45) is 3.32. The van der Waals surface area contributed by atoms with Gasteiger partial charge in [-0.05, 0) is 31.7 Å². The van der Waals surface area contributed by atoms with E-state index in [0.717, 1.165) is 32.0 Å². The summed E-state index contributed by atoms with van der Waals surface area (Å²) >= 11 is 0. The van der Waals surface area contributed by atoms with Gasteiger partial charge in [-0.2, -0.15) is 0 Å². The summed E-state index contributed by atoms with van der Waals surface area (Å²) in [4.78, 5) is 13.8. The molecule has 1 amide bonds. The van der Waals surface area contributed by atoms with Crippen molar-refractivity contribution in [3.05, 3.63) is 0 Å². The molecule has 18 heavy (non-hydrogen) atoms. The molecule has 0 aliphatic carbocycles. The van der Waals surface area contributed by atoms with E-state index in [1.165, 1.54) is 13.0 Å². The van der Waals surface area contributed by atoms with E-state index in [0.29, 0.717) is 18.1 Å². The van der Waals surface area contributed by atoms with Gasteiger partial charge in [0.1, 0.15) is 0 Å². The third-order valence-electron chi connectivity index (χ3n) is 4.04. The number of nitrogens with zero attached hydrogens (tertiary/aromatic N) is 1. The Morgan fingerprint density at radius 2 is 1.94 bits per heavy atom. The van der Waals surface area contributed by atoms with Crippen LogP contribution in [0.4, 0.5) is 0 Å². The van der Waals surface area contributed by atoms with Crippen LogP contribution in [0, 0.1) is 5.92 Å². The quantitative estimate of drug-likeness (QED) is 0.824. The number of piperidine rings is 1. The number of fused-ring (bicyclic) bond motifs is 2. The van der Waals surface area contributed by atoms with E-state index in [-0.39, 0.29) is 5.91 Å². The largest absolute Gasteiger partial charge is 0.378 e. The Bertz CT molecular complexity index is 280. The molecule has 2 rings (SSSR count). The van der Waals surface area contributed by atoms with Crippen LogP contribution in [0.5, 0.6) is 0 Å². The lowest BCUT2D eigenvalue weighted by molar-refractivity contribution is -0.122. The van der Waals surface area contributed by atoms with Gasteiger partial charge >= 0.3 is 0 Å². The molecule has 2 heterocycles. The smallest absolute Gasteiger partial charge is 0.217 e. The summed E-state index contributed by atoms with van der Waals surface area (Å²) in [5.74, 6) is 0.842. The minimum absolute atomic E-state index is 0.0922. The summed E-state index contributed by atoms with van der Waals surface area (Å²) in [5.41, 5.74) is 0. The van der Waals surface area contributed by atoms with Crippen molar-refractivity contribution in [3.8, 4) is 0 Å². The fourth-order valence-electron chi connectivity index (χ4n) is 3.17. The molecule has 2 atom stereocenters. The minimum atomic E-state index is 0.0922. The van der Waals surface area contributed by atoms with Crippen LogP contribution in [-0.2, 0) is 9.53 Å². The zero-order chi connectivity index (χ0) is 13.1. The number of carbonyl (C=O) groups is 1. The topological polar surface area (TPSA) is 41.6 Å². The number of rotatable bonds is 4. The number of hydrogen-bond donors (Lipinski definition) is 1. The highest BCUT2D eigenvalue weighted by molar-refractivity contribution is 5.73. The number of ether oxygens (including phenoxy) is 1. The Labute approximate surface area is 110 Å². The molecule has 0 aromatic rings. The molecule has 0 aromatic heterocycles. The summed E-state index contributed by atoms with van der Waals surface area (Å²) in [5, 5.41) is 3.07. The van der Waals surface area contributed by atoms with Crippen LogP contribution in [-0.4, -0.2) is 48.7 Å². The second kappa shape index (κ2) is 6.02. The molecule has 2 aliphatic heterocycles. The van der Waals surface area contributed by atoms with Crippen molar-refractivity contribution in [2.75, 3.05) is 19.8 Å². The lowest BCUT2D eigenvalue weighted by atomic mass is 9.89. The summed E-state index contributed by atoms with van der Waals surface area (Å²) in [6, 6.07) is 1.33. The van der Waals surface area contributed by atoms with Gasteiger partial charge in [0.05, 0.1) is 13.2 Å². The Morgan fingerprint density at radius 1 is 1.33 bits per heavy atom. The first-order chi connectivity index (χ1) is 8.56. The molecule has 2 saturated heterocycles. The van der Waals surface area contributed by atoms with Gasteiger partial charge in [-0.3, -0.25) is 9.69 Å². The predicted molar refractivity (Wildman–Crippen MR) is 71.4 cm³/mol. The summed E-state index contributed by atoms with van der Waals surface area (Å²) in [6.45, 7) is 8.97. The normalized spacial score (nSPS) is 32.6. The lowest BCUT2D eigenvalue weighted by Crippen LogP contribution is -2.60. The molecule has 0 spiro atoms. The van der Waals surface area contributed by atoms with E-state index in [1.54, 1.807) is 6.92 Å². The molecule has 4 nitrogen and oxygen atoms in total. The highest BCUT2D eigenvalue weighted by atomic mass is 16.5. The molecule has 2 aliphatic rings. The van der Waals surface area contributed by atoms with Crippen molar-refractivity contribution in [1.82, 2.24) is 10.2 Å². The van der Waals surface area contributed by atoms with Crippen LogP contribution in [0.2, 0.25) is 0 Å². The second-order valence-electron chi connectivity index (χ2n) is 6.13. The number of amides is 1. The van der Waals surface area contributed by atoms with Gasteiger partial charge in [0.15, 0.2) is 0 Å². The van der Waals surface area contributed by atoms with Crippen LogP contribution in [0.1, 0.15) is 40.0 Å². The highest BCUT2D eigenvalue weighted by Gasteiger charge is 2.38. The van der Waals surface area contributed by atoms with Crippen molar-refractivity contribution < 1.29 is 9.53 Å². The molecule has 0 radical (unpaired) electrons. The number of hydrogen-bond acceptors (Lipinski definition) is 3. The maximum Gasteiger partial charge on any atom is 0.217 e.